The summed E-state index contributed by atoms with van der Waals surface area (Å²) >= 11 is 0. The van der Waals surface area contributed by atoms with Crippen molar-refractivity contribution < 1.29 is 17.5 Å². The number of unbranched alkanes of at least 4 members (excludes halogenated alkanes) is 1. The first-order valence-corrected chi connectivity index (χ1v) is 8.07. The molecule has 1 amide bonds. The van der Waals surface area contributed by atoms with E-state index in [9.17, 15) is 14.7 Å². The van der Waals surface area contributed by atoms with Crippen LogP contribution >= 0.6 is 0 Å². The van der Waals surface area contributed by atoms with E-state index in [4.69, 9.17) is 0 Å². The maximum absolute atomic E-state index is 12.9. The molecule has 25 heavy (non-hydrogen) atoms. The van der Waals surface area contributed by atoms with Gasteiger partial charge in [-0.25, -0.2) is 5.01 Å². The average molecular weight is 368 g/mol. The van der Waals surface area contributed by atoms with E-state index in [1.807, 2.05) is 55.5 Å². The van der Waals surface area contributed by atoms with Gasteiger partial charge in [0.25, 0.3) is 5.91 Å². The first kappa shape index (κ1) is 21.5. The number of benzene rings is 2. The van der Waals surface area contributed by atoms with Crippen molar-refractivity contribution in [2.75, 3.05) is 10.4 Å². The quantitative estimate of drug-likeness (QED) is 0.423. The summed E-state index contributed by atoms with van der Waals surface area (Å²) in [5, 5.41) is 10.8. The van der Waals surface area contributed by atoms with Crippen LogP contribution in [0.1, 0.15) is 29.0 Å². The Bertz CT molecular complexity index is 675. The van der Waals surface area contributed by atoms with Gasteiger partial charge in [0.05, 0.1) is 11.4 Å². The molecule has 0 aliphatic rings. The third-order valence-electron chi connectivity index (χ3n) is 3.69. The molecule has 2 N–H and O–H groups in total. The number of hydrogen-bond donors (Lipinski definition) is 2. The number of nitrogens with zero attached hydrogens (tertiary/aromatic N) is 1. The van der Waals surface area contributed by atoms with E-state index in [2.05, 4.69) is 5.43 Å². The second-order valence-electron chi connectivity index (χ2n) is 5.52. The van der Waals surface area contributed by atoms with Crippen LogP contribution in [0.3, 0.4) is 0 Å². The molecule has 130 valence electrons. The standard InChI is InChI=1S/C19H22N2O3.Ca.2H/c1-2-3-14-17(19(23)24)18(22)21(16-12-8-5-9-13-16)20-15-10-6-4-7-11-15;;;/h4-13,17,20H,2-3,14H2,1H3,(H,23,24);;;/q;+2;2*-1. The number of amides is 1. The minimum absolute atomic E-state index is 0. The van der Waals surface area contributed by atoms with E-state index in [1.165, 1.54) is 5.01 Å². The third kappa shape index (κ3) is 6.34. The van der Waals surface area contributed by atoms with Crippen LogP contribution in [0, 0.1) is 5.92 Å². The number of carbonyl (C=O) groups is 2. The molecule has 1 atom stereocenters. The molecular weight excluding hydrogens is 344 g/mol. The van der Waals surface area contributed by atoms with Crippen molar-refractivity contribution in [3.05, 3.63) is 60.7 Å². The molecule has 5 nitrogen and oxygen atoms in total. The monoisotopic (exact) mass is 368 g/mol. The molecule has 0 aliphatic heterocycles. The van der Waals surface area contributed by atoms with Crippen molar-refractivity contribution in [1.82, 2.24) is 0 Å². The van der Waals surface area contributed by atoms with Crippen LogP contribution in [0.15, 0.2) is 60.7 Å². The zero-order valence-electron chi connectivity index (χ0n) is 16.4. The predicted molar refractivity (Wildman–Crippen MR) is 103 cm³/mol. The molecule has 2 aromatic carbocycles. The fourth-order valence-corrected chi connectivity index (χ4v) is 2.38. The maximum Gasteiger partial charge on any atom is 2.00 e. The van der Waals surface area contributed by atoms with Crippen molar-refractivity contribution in [3.8, 4) is 0 Å². The van der Waals surface area contributed by atoms with Gasteiger partial charge in [0.2, 0.25) is 0 Å². The molecule has 0 bridgehead atoms. The summed E-state index contributed by atoms with van der Waals surface area (Å²) in [6, 6.07) is 18.2. The van der Waals surface area contributed by atoms with E-state index >= 15 is 0 Å². The summed E-state index contributed by atoms with van der Waals surface area (Å²) in [5.41, 5.74) is 4.35. The molecule has 2 aromatic rings. The molecule has 2 rings (SSSR count). The molecular formula is C19H24CaN2O3. The molecule has 0 saturated carbocycles. The molecule has 0 saturated heterocycles. The number of carboxylic acids is 1. The van der Waals surface area contributed by atoms with Gasteiger partial charge in [-0.2, -0.15) is 0 Å². The van der Waals surface area contributed by atoms with Gasteiger partial charge in [0, 0.05) is 0 Å². The van der Waals surface area contributed by atoms with Gasteiger partial charge >= 0.3 is 43.7 Å². The average Bonchev–Trinajstić information content (AvgIpc) is 2.61. The van der Waals surface area contributed by atoms with E-state index in [-0.39, 0.29) is 40.6 Å². The Hall–Kier alpha value is -1.56. The van der Waals surface area contributed by atoms with Gasteiger partial charge in [-0.1, -0.05) is 56.2 Å². The van der Waals surface area contributed by atoms with Crippen molar-refractivity contribution in [1.29, 1.82) is 0 Å². The van der Waals surface area contributed by atoms with Crippen molar-refractivity contribution in [3.63, 3.8) is 0 Å². The SMILES string of the molecule is CCCCC(C(=O)O)C(=O)N(Nc1ccccc1)c1ccccc1.[Ca+2].[H-].[H-]. The summed E-state index contributed by atoms with van der Waals surface area (Å²) in [4.78, 5) is 24.4. The molecule has 0 fully saturated rings. The minimum atomic E-state index is -1.09. The number of aliphatic carboxylic acids is 1. The number of hydrogen-bond acceptors (Lipinski definition) is 3. The number of para-hydroxylation sites is 2. The molecule has 0 aliphatic carbocycles. The molecule has 0 spiro atoms. The van der Waals surface area contributed by atoms with Gasteiger partial charge in [-0.05, 0) is 30.7 Å². The normalized spacial score (nSPS) is 11.1. The Morgan fingerprint density at radius 1 is 1.08 bits per heavy atom. The molecule has 0 aromatic heterocycles. The first-order chi connectivity index (χ1) is 11.6. The Kier molecular flexibility index (Phi) is 9.57. The van der Waals surface area contributed by atoms with E-state index < -0.39 is 17.8 Å². The van der Waals surface area contributed by atoms with Crippen LogP contribution < -0.4 is 10.4 Å². The smallest absolute Gasteiger partial charge is 1.00 e. The Morgan fingerprint density at radius 2 is 1.64 bits per heavy atom. The van der Waals surface area contributed by atoms with E-state index in [1.54, 1.807) is 12.1 Å². The fraction of sp³-hybridized carbons (Fsp3) is 0.263. The largest absolute Gasteiger partial charge is 2.00 e. The molecule has 1 unspecified atom stereocenters. The van der Waals surface area contributed by atoms with Crippen LogP contribution in [-0.4, -0.2) is 54.7 Å². The number of carbonyl (C=O) groups excluding carboxylic acids is 1. The van der Waals surface area contributed by atoms with Crippen molar-refractivity contribution >= 4 is 61.0 Å². The van der Waals surface area contributed by atoms with Crippen LogP contribution in [0.4, 0.5) is 11.4 Å². The maximum atomic E-state index is 12.9. The zero-order chi connectivity index (χ0) is 17.4. The molecule has 0 heterocycles. The number of carboxylic acid groups (broad SMARTS) is 1. The summed E-state index contributed by atoms with van der Waals surface area (Å²) in [6.45, 7) is 1.97. The van der Waals surface area contributed by atoms with E-state index in [0.29, 0.717) is 24.2 Å². The molecule has 0 radical (unpaired) electrons. The van der Waals surface area contributed by atoms with Gasteiger partial charge in [-0.3, -0.25) is 15.0 Å². The van der Waals surface area contributed by atoms with Crippen LogP contribution in [0.5, 0.6) is 0 Å². The summed E-state index contributed by atoms with van der Waals surface area (Å²) in [7, 11) is 0. The van der Waals surface area contributed by atoms with Gasteiger partial charge < -0.3 is 7.96 Å². The Morgan fingerprint density at radius 3 is 2.16 bits per heavy atom. The summed E-state index contributed by atoms with van der Waals surface area (Å²) in [5.74, 6) is -2.63. The van der Waals surface area contributed by atoms with Crippen LogP contribution in [0.25, 0.3) is 0 Å². The second-order valence-corrected chi connectivity index (χ2v) is 5.52. The van der Waals surface area contributed by atoms with Crippen molar-refractivity contribution in [2.45, 2.75) is 26.2 Å². The topological polar surface area (TPSA) is 69.6 Å². The van der Waals surface area contributed by atoms with Crippen LogP contribution in [-0.2, 0) is 9.59 Å². The van der Waals surface area contributed by atoms with Gasteiger partial charge in [0.1, 0.15) is 5.92 Å². The Labute approximate surface area is 181 Å². The number of anilines is 2. The summed E-state index contributed by atoms with van der Waals surface area (Å²) < 4.78 is 0. The zero-order valence-corrected chi connectivity index (χ0v) is 16.6. The Balaban J connectivity index is 0. The minimum Gasteiger partial charge on any atom is -1.00 e. The van der Waals surface area contributed by atoms with Crippen LogP contribution in [0.2, 0.25) is 0 Å². The molecule has 6 heteroatoms. The van der Waals surface area contributed by atoms with Gasteiger partial charge in [0.15, 0.2) is 0 Å². The second kappa shape index (κ2) is 11.1. The van der Waals surface area contributed by atoms with Gasteiger partial charge in [-0.15, -0.1) is 0 Å². The number of rotatable bonds is 8. The fourth-order valence-electron chi connectivity index (χ4n) is 2.38. The van der Waals surface area contributed by atoms with Crippen molar-refractivity contribution in [2.24, 2.45) is 5.92 Å². The third-order valence-corrected chi connectivity index (χ3v) is 3.69. The van der Waals surface area contributed by atoms with E-state index in [0.717, 1.165) is 6.42 Å². The number of nitrogens with one attached hydrogen (secondary N) is 1. The first-order valence-electron chi connectivity index (χ1n) is 8.07. The number of hydrazine groups is 1. The summed E-state index contributed by atoms with van der Waals surface area (Å²) in [6.07, 6.45) is 1.86. The predicted octanol–water partition coefficient (Wildman–Crippen LogP) is 3.78.